The van der Waals surface area contributed by atoms with Crippen LogP contribution in [0.5, 0.6) is 0 Å². The molecular formula is C18H21N3O3. The Balaban J connectivity index is 1.93. The minimum Gasteiger partial charge on any atom is -0.481 e. The van der Waals surface area contributed by atoms with E-state index in [4.69, 9.17) is 0 Å². The smallest absolute Gasteiger partial charge is 0.312 e. The first-order chi connectivity index (χ1) is 11.4. The van der Waals surface area contributed by atoms with E-state index in [9.17, 15) is 14.7 Å². The maximum Gasteiger partial charge on any atom is 0.312 e. The Bertz CT molecular complexity index is 795. The first-order valence-corrected chi connectivity index (χ1v) is 8.04. The predicted octanol–water partition coefficient (Wildman–Crippen LogP) is 2.60. The second-order valence-corrected chi connectivity index (χ2v) is 6.46. The van der Waals surface area contributed by atoms with E-state index >= 15 is 0 Å². The second-order valence-electron chi connectivity index (χ2n) is 6.46. The van der Waals surface area contributed by atoms with E-state index in [1.807, 2.05) is 45.0 Å². The van der Waals surface area contributed by atoms with Gasteiger partial charge in [0, 0.05) is 24.8 Å². The number of benzene rings is 1. The normalized spacial score (nSPS) is 17.0. The number of aliphatic carboxylic acids is 1. The van der Waals surface area contributed by atoms with Gasteiger partial charge in [-0.15, -0.1) is 0 Å². The number of carboxylic acids is 1. The lowest BCUT2D eigenvalue weighted by atomic mass is 9.89. The van der Waals surface area contributed by atoms with E-state index in [0.29, 0.717) is 12.1 Å². The van der Waals surface area contributed by atoms with Gasteiger partial charge in [-0.05, 0) is 31.9 Å². The van der Waals surface area contributed by atoms with Crippen LogP contribution in [0.1, 0.15) is 53.0 Å². The van der Waals surface area contributed by atoms with Crippen molar-refractivity contribution < 1.29 is 14.7 Å². The van der Waals surface area contributed by atoms with Gasteiger partial charge < -0.3 is 10.0 Å². The van der Waals surface area contributed by atoms with Crippen LogP contribution in [0.2, 0.25) is 0 Å². The number of carbonyl (C=O) groups is 2. The standard InChI is InChI=1S/C18H21N3O3/c1-11(2)21-12(3)15(8-19-21)17(22)20-9-13-6-4-5-7-14(13)16(10-20)18(23)24/h4-8,11,16H,9-10H2,1-3H3,(H,23,24). The van der Waals surface area contributed by atoms with Crippen LogP contribution in [-0.2, 0) is 11.3 Å². The summed E-state index contributed by atoms with van der Waals surface area (Å²) in [5.41, 5.74) is 3.02. The van der Waals surface area contributed by atoms with Gasteiger partial charge in [0.1, 0.15) is 0 Å². The van der Waals surface area contributed by atoms with Crippen molar-refractivity contribution >= 4 is 11.9 Å². The molecule has 3 rings (SSSR count). The highest BCUT2D eigenvalue weighted by Crippen LogP contribution is 2.30. The van der Waals surface area contributed by atoms with E-state index in [2.05, 4.69) is 5.10 Å². The third kappa shape index (κ3) is 2.68. The number of rotatable bonds is 3. The van der Waals surface area contributed by atoms with Gasteiger partial charge in [-0.3, -0.25) is 14.3 Å². The van der Waals surface area contributed by atoms with Gasteiger partial charge in [-0.2, -0.15) is 5.10 Å². The molecule has 1 aliphatic rings. The number of carboxylic acid groups (broad SMARTS) is 1. The topological polar surface area (TPSA) is 75.4 Å². The van der Waals surface area contributed by atoms with Gasteiger partial charge in [0.25, 0.3) is 5.91 Å². The van der Waals surface area contributed by atoms with Gasteiger partial charge in [-0.25, -0.2) is 0 Å². The third-order valence-corrected chi connectivity index (χ3v) is 4.54. The molecular weight excluding hydrogens is 306 g/mol. The van der Waals surface area contributed by atoms with Gasteiger partial charge >= 0.3 is 5.97 Å². The molecule has 0 fully saturated rings. The Morgan fingerprint density at radius 3 is 2.62 bits per heavy atom. The number of carbonyl (C=O) groups excluding carboxylic acids is 1. The van der Waals surface area contributed by atoms with Crippen molar-refractivity contribution in [3.8, 4) is 0 Å². The summed E-state index contributed by atoms with van der Waals surface area (Å²) in [6.07, 6.45) is 1.58. The zero-order valence-electron chi connectivity index (χ0n) is 14.1. The van der Waals surface area contributed by atoms with Gasteiger partial charge in [0.2, 0.25) is 0 Å². The molecule has 0 spiro atoms. The lowest BCUT2D eigenvalue weighted by molar-refractivity contribution is -0.139. The van der Waals surface area contributed by atoms with Crippen LogP contribution in [0, 0.1) is 6.92 Å². The molecule has 1 N–H and O–H groups in total. The van der Waals surface area contributed by atoms with E-state index in [1.54, 1.807) is 15.8 Å². The summed E-state index contributed by atoms with van der Waals surface area (Å²) in [6.45, 7) is 6.48. The molecule has 6 heteroatoms. The van der Waals surface area contributed by atoms with Gasteiger partial charge in [-0.1, -0.05) is 24.3 Å². The van der Waals surface area contributed by atoms with Crippen molar-refractivity contribution in [2.75, 3.05) is 6.54 Å². The molecule has 1 aliphatic heterocycles. The molecule has 0 saturated heterocycles. The Morgan fingerprint density at radius 2 is 2.00 bits per heavy atom. The van der Waals surface area contributed by atoms with Crippen LogP contribution in [0.4, 0.5) is 0 Å². The van der Waals surface area contributed by atoms with E-state index < -0.39 is 11.9 Å². The van der Waals surface area contributed by atoms with E-state index in [1.165, 1.54) is 0 Å². The maximum atomic E-state index is 12.9. The monoisotopic (exact) mass is 327 g/mol. The minimum atomic E-state index is -0.908. The molecule has 1 amide bonds. The van der Waals surface area contributed by atoms with Crippen LogP contribution < -0.4 is 0 Å². The van der Waals surface area contributed by atoms with Gasteiger partial charge in [0.05, 0.1) is 17.7 Å². The molecule has 6 nitrogen and oxygen atoms in total. The minimum absolute atomic E-state index is 0.167. The molecule has 1 unspecified atom stereocenters. The van der Waals surface area contributed by atoms with Crippen molar-refractivity contribution in [1.29, 1.82) is 0 Å². The average Bonchev–Trinajstić information content (AvgIpc) is 2.94. The van der Waals surface area contributed by atoms with Crippen LogP contribution in [-0.4, -0.2) is 38.2 Å². The summed E-state index contributed by atoms with van der Waals surface area (Å²) in [7, 11) is 0. The molecule has 1 aromatic carbocycles. The fourth-order valence-corrected chi connectivity index (χ4v) is 3.30. The molecule has 0 bridgehead atoms. The highest BCUT2D eigenvalue weighted by molar-refractivity contribution is 5.95. The van der Waals surface area contributed by atoms with Gasteiger partial charge in [0.15, 0.2) is 0 Å². The number of fused-ring (bicyclic) bond motifs is 1. The molecule has 24 heavy (non-hydrogen) atoms. The van der Waals surface area contributed by atoms with E-state index in [-0.39, 0.29) is 18.5 Å². The lowest BCUT2D eigenvalue weighted by Crippen LogP contribution is -2.40. The van der Waals surface area contributed by atoms with Crippen molar-refractivity contribution in [3.63, 3.8) is 0 Å². The summed E-state index contributed by atoms with van der Waals surface area (Å²) >= 11 is 0. The average molecular weight is 327 g/mol. The van der Waals surface area contributed by atoms with Crippen LogP contribution >= 0.6 is 0 Å². The van der Waals surface area contributed by atoms with Crippen LogP contribution in [0.15, 0.2) is 30.5 Å². The highest BCUT2D eigenvalue weighted by Gasteiger charge is 2.33. The fraction of sp³-hybridized carbons (Fsp3) is 0.389. The zero-order valence-corrected chi connectivity index (χ0v) is 14.1. The summed E-state index contributed by atoms with van der Waals surface area (Å²) in [4.78, 5) is 26.1. The number of hydrogen-bond donors (Lipinski definition) is 1. The largest absolute Gasteiger partial charge is 0.481 e. The molecule has 2 heterocycles. The van der Waals surface area contributed by atoms with E-state index in [0.717, 1.165) is 16.8 Å². The fourth-order valence-electron chi connectivity index (χ4n) is 3.30. The quantitative estimate of drug-likeness (QED) is 0.940. The SMILES string of the molecule is Cc1c(C(=O)N2Cc3ccccc3C(C(=O)O)C2)cnn1C(C)C. The Kier molecular flexibility index (Phi) is 4.13. The lowest BCUT2D eigenvalue weighted by Gasteiger charge is -2.32. The van der Waals surface area contributed by atoms with Crippen LogP contribution in [0.3, 0.4) is 0 Å². The number of nitrogens with zero attached hydrogens (tertiary/aromatic N) is 3. The molecule has 0 saturated carbocycles. The zero-order chi connectivity index (χ0) is 17.4. The Hall–Kier alpha value is -2.63. The summed E-state index contributed by atoms with van der Waals surface area (Å²) in [6, 6.07) is 7.59. The number of amides is 1. The Labute approximate surface area is 140 Å². The number of aromatic nitrogens is 2. The molecule has 0 radical (unpaired) electrons. The van der Waals surface area contributed by atoms with Crippen molar-refractivity contribution in [2.45, 2.75) is 39.3 Å². The summed E-state index contributed by atoms with van der Waals surface area (Å²) in [5, 5.41) is 13.8. The van der Waals surface area contributed by atoms with Crippen LogP contribution in [0.25, 0.3) is 0 Å². The second kappa shape index (κ2) is 6.11. The molecule has 126 valence electrons. The summed E-state index contributed by atoms with van der Waals surface area (Å²) < 4.78 is 1.81. The molecule has 1 aromatic heterocycles. The maximum absolute atomic E-state index is 12.9. The third-order valence-electron chi connectivity index (χ3n) is 4.54. The summed E-state index contributed by atoms with van der Waals surface area (Å²) in [5.74, 6) is -1.77. The Morgan fingerprint density at radius 1 is 1.29 bits per heavy atom. The number of hydrogen-bond acceptors (Lipinski definition) is 3. The molecule has 0 aliphatic carbocycles. The molecule has 2 aromatic rings. The molecule has 1 atom stereocenters. The van der Waals surface area contributed by atoms with Crippen molar-refractivity contribution in [1.82, 2.24) is 14.7 Å². The highest BCUT2D eigenvalue weighted by atomic mass is 16.4. The van der Waals surface area contributed by atoms with Crippen molar-refractivity contribution in [3.05, 3.63) is 52.8 Å². The first-order valence-electron chi connectivity index (χ1n) is 8.04. The first kappa shape index (κ1) is 16.2. The predicted molar refractivity (Wildman–Crippen MR) is 88.9 cm³/mol. The van der Waals surface area contributed by atoms with Crippen molar-refractivity contribution in [2.24, 2.45) is 0 Å².